The summed E-state index contributed by atoms with van der Waals surface area (Å²) < 4.78 is 7.96. The SMILES string of the molecule is Cc1nc2c(s1)C[C@H](n1c([C@@H]3CCCC(=O)N3c3nc4c(s3)CN(C)CC4)nc3cc(-c4c(C)noc4C)ccc31)CC2. The topological polar surface area (TPSA) is 93.2 Å². The van der Waals surface area contributed by atoms with Crippen molar-refractivity contribution in [3.8, 4) is 11.1 Å². The summed E-state index contributed by atoms with van der Waals surface area (Å²) in [5.74, 6) is 1.92. The second-order valence-corrected chi connectivity index (χ2v) is 14.6. The predicted molar refractivity (Wildman–Crippen MR) is 169 cm³/mol. The zero-order valence-electron chi connectivity index (χ0n) is 25.0. The Morgan fingerprint density at radius 3 is 2.67 bits per heavy atom. The minimum Gasteiger partial charge on any atom is -0.361 e. The Hall–Kier alpha value is -3.41. The van der Waals surface area contributed by atoms with Crippen LogP contribution in [0.3, 0.4) is 0 Å². The number of aromatic nitrogens is 5. The van der Waals surface area contributed by atoms with Crippen molar-refractivity contribution in [1.82, 2.24) is 29.6 Å². The van der Waals surface area contributed by atoms with E-state index in [4.69, 9.17) is 19.5 Å². The molecule has 2 atom stereocenters. The molecule has 222 valence electrons. The Bertz CT molecular complexity index is 1860. The zero-order chi connectivity index (χ0) is 29.4. The Kier molecular flexibility index (Phi) is 6.54. The minimum atomic E-state index is -0.161. The van der Waals surface area contributed by atoms with Crippen molar-refractivity contribution in [3.05, 3.63) is 61.6 Å². The number of hydrogen-bond acceptors (Lipinski definition) is 9. The highest BCUT2D eigenvalue weighted by Crippen LogP contribution is 2.43. The molecule has 4 aromatic heterocycles. The van der Waals surface area contributed by atoms with Gasteiger partial charge in [0.15, 0.2) is 5.13 Å². The lowest BCUT2D eigenvalue weighted by molar-refractivity contribution is -0.120. The van der Waals surface area contributed by atoms with Gasteiger partial charge in [-0.1, -0.05) is 22.6 Å². The number of fused-ring (bicyclic) bond motifs is 3. The van der Waals surface area contributed by atoms with Crippen LogP contribution in [0.4, 0.5) is 5.13 Å². The first-order valence-corrected chi connectivity index (χ1v) is 16.9. The van der Waals surface area contributed by atoms with E-state index in [1.807, 2.05) is 30.1 Å². The summed E-state index contributed by atoms with van der Waals surface area (Å²) >= 11 is 3.50. The molecule has 8 rings (SSSR count). The average Bonchev–Trinajstić information content (AvgIpc) is 3.75. The number of hydrogen-bond donors (Lipinski definition) is 0. The smallest absolute Gasteiger partial charge is 0.229 e. The third kappa shape index (κ3) is 4.55. The first kappa shape index (κ1) is 27.2. The first-order chi connectivity index (χ1) is 20.8. The molecule has 1 aromatic carbocycles. The molecular weight excluding hydrogens is 579 g/mol. The highest BCUT2D eigenvalue weighted by molar-refractivity contribution is 7.16. The number of piperidine rings is 1. The lowest BCUT2D eigenvalue weighted by atomic mass is 9.95. The van der Waals surface area contributed by atoms with Gasteiger partial charge in [0.2, 0.25) is 5.91 Å². The van der Waals surface area contributed by atoms with Crippen LogP contribution in [0.5, 0.6) is 0 Å². The summed E-state index contributed by atoms with van der Waals surface area (Å²) in [5.41, 5.74) is 7.39. The van der Waals surface area contributed by atoms with Gasteiger partial charge in [-0.25, -0.2) is 15.0 Å². The van der Waals surface area contributed by atoms with E-state index in [1.54, 1.807) is 11.3 Å². The molecule has 0 spiro atoms. The number of thiazole rings is 2. The van der Waals surface area contributed by atoms with Crippen molar-refractivity contribution in [3.63, 3.8) is 0 Å². The molecular formula is C32H35N7O2S2. The molecule has 1 aliphatic carbocycles. The molecule has 11 heteroatoms. The summed E-state index contributed by atoms with van der Waals surface area (Å²) in [4.78, 5) is 36.0. The van der Waals surface area contributed by atoms with Crippen molar-refractivity contribution < 1.29 is 9.32 Å². The van der Waals surface area contributed by atoms with E-state index in [2.05, 4.69) is 46.8 Å². The number of carbonyl (C=O) groups is 1. The minimum absolute atomic E-state index is 0.148. The van der Waals surface area contributed by atoms with Gasteiger partial charge in [0.05, 0.1) is 39.2 Å². The van der Waals surface area contributed by atoms with E-state index in [0.29, 0.717) is 6.42 Å². The van der Waals surface area contributed by atoms with Gasteiger partial charge in [-0.15, -0.1) is 11.3 Å². The molecule has 5 aromatic rings. The van der Waals surface area contributed by atoms with Crippen LogP contribution < -0.4 is 4.90 Å². The third-order valence-electron chi connectivity index (χ3n) is 9.29. The summed E-state index contributed by atoms with van der Waals surface area (Å²) in [5, 5.41) is 6.15. The van der Waals surface area contributed by atoms with Crippen molar-refractivity contribution >= 4 is 44.7 Å². The van der Waals surface area contributed by atoms with Crippen LogP contribution in [-0.2, 0) is 30.6 Å². The molecule has 1 fully saturated rings. The van der Waals surface area contributed by atoms with Crippen molar-refractivity contribution in [2.24, 2.45) is 0 Å². The molecule has 2 aliphatic heterocycles. The van der Waals surface area contributed by atoms with Gasteiger partial charge in [-0.3, -0.25) is 9.69 Å². The molecule has 0 radical (unpaired) electrons. The molecule has 0 bridgehead atoms. The molecule has 1 saturated heterocycles. The van der Waals surface area contributed by atoms with Crippen LogP contribution in [0.15, 0.2) is 22.7 Å². The summed E-state index contributed by atoms with van der Waals surface area (Å²) in [6.45, 7) is 7.92. The molecule has 9 nitrogen and oxygen atoms in total. The van der Waals surface area contributed by atoms with Gasteiger partial charge < -0.3 is 14.0 Å². The largest absolute Gasteiger partial charge is 0.361 e. The Balaban J connectivity index is 1.28. The fourth-order valence-corrected chi connectivity index (χ4v) is 9.57. The van der Waals surface area contributed by atoms with E-state index < -0.39 is 0 Å². The standard InChI is InChI=1S/C32H35N7O2S2/c1-17-30(18(2)41-36-17)20-8-11-25-24(14-20)34-31(38(25)21-9-10-22-27(15-21)42-19(3)33-22)26-6-5-7-29(40)39(26)32-35-23-12-13-37(4)16-28(23)43-32/h8,11,14,21,26H,5-7,9-10,12-13,15-16H2,1-4H3/t21-,26+/m1/s1. The van der Waals surface area contributed by atoms with Gasteiger partial charge in [0.25, 0.3) is 0 Å². The van der Waals surface area contributed by atoms with Crippen molar-refractivity contribution in [1.29, 1.82) is 0 Å². The number of likely N-dealkylation sites (N-methyl/N-ethyl adjacent to an activating group) is 1. The number of anilines is 1. The van der Waals surface area contributed by atoms with Gasteiger partial charge in [-0.05, 0) is 71.2 Å². The fourth-order valence-electron chi connectivity index (χ4n) is 7.26. The lowest BCUT2D eigenvalue weighted by Crippen LogP contribution is -2.40. The predicted octanol–water partition coefficient (Wildman–Crippen LogP) is 6.51. The number of imidazole rings is 1. The molecule has 0 unspecified atom stereocenters. The Labute approximate surface area is 258 Å². The van der Waals surface area contributed by atoms with E-state index in [1.165, 1.54) is 15.4 Å². The van der Waals surface area contributed by atoms with Gasteiger partial charge in [0.1, 0.15) is 11.6 Å². The third-order valence-corrected chi connectivity index (χ3v) is 11.4. The second kappa shape index (κ2) is 10.3. The monoisotopic (exact) mass is 613 g/mol. The summed E-state index contributed by atoms with van der Waals surface area (Å²) in [7, 11) is 2.15. The summed E-state index contributed by atoms with van der Waals surface area (Å²) in [6.07, 6.45) is 6.08. The molecule has 3 aliphatic rings. The molecule has 0 saturated carbocycles. The quantitative estimate of drug-likeness (QED) is 0.228. The molecule has 43 heavy (non-hydrogen) atoms. The molecule has 6 heterocycles. The van der Waals surface area contributed by atoms with Crippen LogP contribution in [0.1, 0.15) is 81.2 Å². The maximum Gasteiger partial charge on any atom is 0.229 e. The van der Waals surface area contributed by atoms with Crippen LogP contribution in [-0.4, -0.2) is 49.1 Å². The zero-order valence-corrected chi connectivity index (χ0v) is 26.6. The highest BCUT2D eigenvalue weighted by Gasteiger charge is 2.38. The average molecular weight is 614 g/mol. The summed E-state index contributed by atoms with van der Waals surface area (Å²) in [6, 6.07) is 6.62. The molecule has 0 N–H and O–H groups in total. The van der Waals surface area contributed by atoms with Crippen LogP contribution in [0.2, 0.25) is 0 Å². The number of carbonyl (C=O) groups excluding carboxylic acids is 1. The number of nitrogens with zero attached hydrogens (tertiary/aromatic N) is 7. The van der Waals surface area contributed by atoms with E-state index >= 15 is 0 Å². The fraction of sp³-hybridized carbons (Fsp3) is 0.469. The second-order valence-electron chi connectivity index (χ2n) is 12.3. The van der Waals surface area contributed by atoms with E-state index in [9.17, 15) is 4.79 Å². The van der Waals surface area contributed by atoms with Crippen molar-refractivity contribution in [2.45, 2.75) is 84.3 Å². The Morgan fingerprint density at radius 2 is 1.84 bits per heavy atom. The molecule has 1 amide bonds. The highest BCUT2D eigenvalue weighted by atomic mass is 32.1. The number of amides is 1. The van der Waals surface area contributed by atoms with Crippen LogP contribution >= 0.6 is 22.7 Å². The van der Waals surface area contributed by atoms with Gasteiger partial charge in [0, 0.05) is 53.7 Å². The van der Waals surface area contributed by atoms with Crippen LogP contribution in [0, 0.1) is 20.8 Å². The lowest BCUT2D eigenvalue weighted by Gasteiger charge is -2.35. The number of rotatable bonds is 4. The van der Waals surface area contributed by atoms with Gasteiger partial charge in [-0.2, -0.15) is 0 Å². The Morgan fingerprint density at radius 1 is 0.977 bits per heavy atom. The maximum absolute atomic E-state index is 13.7. The number of benzene rings is 1. The van der Waals surface area contributed by atoms with Crippen LogP contribution in [0.25, 0.3) is 22.2 Å². The van der Waals surface area contributed by atoms with Crippen molar-refractivity contribution in [2.75, 3.05) is 18.5 Å². The normalized spacial score (nSPS) is 21.0. The van der Waals surface area contributed by atoms with E-state index in [-0.39, 0.29) is 18.0 Å². The first-order valence-electron chi connectivity index (χ1n) is 15.2. The maximum atomic E-state index is 13.7. The van der Waals surface area contributed by atoms with E-state index in [0.717, 1.165) is 107 Å². The van der Waals surface area contributed by atoms with Gasteiger partial charge >= 0.3 is 0 Å². The number of aryl methyl sites for hydroxylation is 4.